The zero-order valence-electron chi connectivity index (χ0n) is 26.8. The van der Waals surface area contributed by atoms with Gasteiger partial charge in [-0.3, -0.25) is 0 Å². The molecule has 0 radical (unpaired) electrons. The second-order valence-corrected chi connectivity index (χ2v) is 9.28. The molecule has 0 aliphatic heterocycles. The first-order chi connectivity index (χ1) is 20.2. The Labute approximate surface area is 253 Å². The molecule has 0 amide bonds. The summed E-state index contributed by atoms with van der Waals surface area (Å²) in [7, 11) is 6.56. The standard InChI is InChI=1S/C26H54O12.C2H6S/c1-6-24(36-20-17-32-12-8-28-3)26(38-22-19-34-14-10-30-5)25(37-21-18-33-13-9-29-4)23-35-16-15-31-11-7-27-2;1-3-2/h24-26H,6-23H2,1-5H3;1-2H3. The quantitative estimate of drug-likeness (QED) is 0.103. The third kappa shape index (κ3) is 31.1. The van der Waals surface area contributed by atoms with Crippen LogP contribution >= 0.6 is 11.8 Å². The zero-order valence-corrected chi connectivity index (χ0v) is 27.6. The van der Waals surface area contributed by atoms with Gasteiger partial charge in [0.2, 0.25) is 0 Å². The summed E-state index contributed by atoms with van der Waals surface area (Å²) >= 11 is 1.75. The van der Waals surface area contributed by atoms with E-state index in [-0.39, 0.29) is 6.10 Å². The first kappa shape index (κ1) is 43.0. The third-order valence-electron chi connectivity index (χ3n) is 5.17. The fourth-order valence-electron chi connectivity index (χ4n) is 3.19. The van der Waals surface area contributed by atoms with Crippen molar-refractivity contribution < 1.29 is 56.8 Å². The molecule has 0 rings (SSSR count). The summed E-state index contributed by atoms with van der Waals surface area (Å²) in [5.74, 6) is 0. The maximum atomic E-state index is 6.27. The number of hydrogen-bond donors (Lipinski definition) is 0. The fraction of sp³-hybridized carbons (Fsp3) is 1.00. The number of hydrogen-bond acceptors (Lipinski definition) is 13. The van der Waals surface area contributed by atoms with Crippen LogP contribution in [0.3, 0.4) is 0 Å². The van der Waals surface area contributed by atoms with Crippen LogP contribution in [0.15, 0.2) is 0 Å². The third-order valence-corrected chi connectivity index (χ3v) is 5.17. The Morgan fingerprint density at radius 2 is 0.732 bits per heavy atom. The minimum absolute atomic E-state index is 0.235. The van der Waals surface area contributed by atoms with Crippen LogP contribution in [0.25, 0.3) is 0 Å². The van der Waals surface area contributed by atoms with E-state index >= 15 is 0 Å². The zero-order chi connectivity index (χ0) is 30.7. The summed E-state index contributed by atoms with van der Waals surface area (Å²) in [4.78, 5) is 0. The van der Waals surface area contributed by atoms with Crippen molar-refractivity contribution in [1.29, 1.82) is 0 Å². The van der Waals surface area contributed by atoms with Gasteiger partial charge in [0.15, 0.2) is 0 Å². The molecule has 3 atom stereocenters. The largest absolute Gasteiger partial charge is 0.382 e. The van der Waals surface area contributed by atoms with Gasteiger partial charge in [-0.15, -0.1) is 0 Å². The molecule has 0 aliphatic carbocycles. The lowest BCUT2D eigenvalue weighted by molar-refractivity contribution is -0.169. The molecule has 0 bridgehead atoms. The lowest BCUT2D eigenvalue weighted by atomic mass is 10.1. The second-order valence-electron chi connectivity index (χ2n) is 8.47. The molecule has 0 spiro atoms. The van der Waals surface area contributed by atoms with Gasteiger partial charge in [-0.1, -0.05) is 6.92 Å². The van der Waals surface area contributed by atoms with Crippen molar-refractivity contribution in [2.45, 2.75) is 31.7 Å². The van der Waals surface area contributed by atoms with Crippen molar-refractivity contribution in [1.82, 2.24) is 0 Å². The highest BCUT2D eigenvalue weighted by atomic mass is 32.2. The van der Waals surface area contributed by atoms with Crippen LogP contribution in [0, 0.1) is 0 Å². The van der Waals surface area contributed by atoms with E-state index in [1.807, 2.05) is 12.5 Å². The van der Waals surface area contributed by atoms with Crippen molar-refractivity contribution in [2.24, 2.45) is 0 Å². The second kappa shape index (κ2) is 37.9. The van der Waals surface area contributed by atoms with Gasteiger partial charge in [-0.25, -0.2) is 0 Å². The topological polar surface area (TPSA) is 111 Å². The van der Waals surface area contributed by atoms with Crippen LogP contribution in [0.5, 0.6) is 0 Å². The van der Waals surface area contributed by atoms with E-state index in [1.54, 1.807) is 40.2 Å². The molecular weight excluding hydrogens is 560 g/mol. The summed E-state index contributed by atoms with van der Waals surface area (Å²) in [6.45, 7) is 9.93. The first-order valence-corrected chi connectivity index (χ1v) is 15.9. The Balaban J connectivity index is 0. The molecule has 0 aromatic carbocycles. The highest BCUT2D eigenvalue weighted by molar-refractivity contribution is 7.97. The van der Waals surface area contributed by atoms with E-state index in [0.29, 0.717) is 112 Å². The van der Waals surface area contributed by atoms with Crippen LogP contribution in [-0.4, -0.2) is 172 Å². The van der Waals surface area contributed by atoms with Gasteiger partial charge in [0.25, 0.3) is 0 Å². The molecule has 12 nitrogen and oxygen atoms in total. The average molecular weight is 621 g/mol. The molecule has 0 saturated carbocycles. The van der Waals surface area contributed by atoms with E-state index in [2.05, 4.69) is 6.92 Å². The normalized spacial score (nSPS) is 13.5. The molecule has 0 saturated heterocycles. The number of thioether (sulfide) groups is 1. The van der Waals surface area contributed by atoms with Crippen molar-refractivity contribution in [3.05, 3.63) is 0 Å². The predicted molar refractivity (Wildman–Crippen MR) is 161 cm³/mol. The Kier molecular flexibility index (Phi) is 39.7. The monoisotopic (exact) mass is 620 g/mol. The highest BCUT2D eigenvalue weighted by Crippen LogP contribution is 2.17. The van der Waals surface area contributed by atoms with Crippen molar-refractivity contribution >= 4 is 11.8 Å². The van der Waals surface area contributed by atoms with Gasteiger partial charge < -0.3 is 56.8 Å². The molecule has 3 unspecified atom stereocenters. The minimum atomic E-state index is -0.390. The molecular formula is C28H60O12S. The summed E-state index contributed by atoms with van der Waals surface area (Å²) in [5, 5.41) is 0. The smallest absolute Gasteiger partial charge is 0.112 e. The van der Waals surface area contributed by atoms with Gasteiger partial charge in [-0.05, 0) is 18.9 Å². The molecule has 13 heteroatoms. The summed E-state index contributed by atoms with van der Waals surface area (Å²) in [6.07, 6.45) is 3.79. The van der Waals surface area contributed by atoms with Gasteiger partial charge >= 0.3 is 0 Å². The maximum Gasteiger partial charge on any atom is 0.112 e. The van der Waals surface area contributed by atoms with E-state index in [4.69, 9.17) is 56.8 Å². The lowest BCUT2D eigenvalue weighted by Gasteiger charge is -2.33. The van der Waals surface area contributed by atoms with Crippen LogP contribution in [0.4, 0.5) is 0 Å². The molecule has 0 aliphatic rings. The molecule has 250 valence electrons. The summed E-state index contributed by atoms with van der Waals surface area (Å²) in [6, 6.07) is 0. The highest BCUT2D eigenvalue weighted by Gasteiger charge is 2.31. The van der Waals surface area contributed by atoms with Gasteiger partial charge in [0, 0.05) is 28.4 Å². The number of rotatable bonds is 32. The SMILES string of the molecule is CCC(OCCOCCOC)C(OCCOCCOC)C(COCCOCCOC)OCCOCCOC.CSC. The van der Waals surface area contributed by atoms with E-state index in [1.165, 1.54) is 0 Å². The van der Waals surface area contributed by atoms with Crippen LogP contribution in [0.2, 0.25) is 0 Å². The number of ether oxygens (including phenoxy) is 12. The molecule has 0 heterocycles. The average Bonchev–Trinajstić information content (AvgIpc) is 2.98. The Morgan fingerprint density at radius 3 is 1.12 bits per heavy atom. The Bertz CT molecular complexity index is 468. The van der Waals surface area contributed by atoms with Crippen LogP contribution in [-0.2, 0) is 56.8 Å². The number of methoxy groups -OCH3 is 4. The minimum Gasteiger partial charge on any atom is -0.382 e. The van der Waals surface area contributed by atoms with Crippen LogP contribution in [0.1, 0.15) is 13.3 Å². The first-order valence-electron chi connectivity index (χ1n) is 14.3. The fourth-order valence-corrected chi connectivity index (χ4v) is 3.19. The summed E-state index contributed by atoms with van der Waals surface area (Å²) < 4.78 is 66.8. The van der Waals surface area contributed by atoms with Crippen molar-refractivity contribution in [3.8, 4) is 0 Å². The van der Waals surface area contributed by atoms with E-state index < -0.39 is 12.2 Å². The van der Waals surface area contributed by atoms with Crippen molar-refractivity contribution in [2.75, 3.05) is 153 Å². The molecule has 0 N–H and O–H groups in total. The molecule has 41 heavy (non-hydrogen) atoms. The maximum absolute atomic E-state index is 6.27. The van der Waals surface area contributed by atoms with Gasteiger partial charge in [-0.2, -0.15) is 11.8 Å². The molecule has 0 fully saturated rings. The lowest BCUT2D eigenvalue weighted by Crippen LogP contribution is -2.46. The Hall–Kier alpha value is -0.130. The predicted octanol–water partition coefficient (Wildman–Crippen LogP) is 2.20. The van der Waals surface area contributed by atoms with E-state index in [9.17, 15) is 0 Å². The summed E-state index contributed by atoms with van der Waals surface area (Å²) in [5.41, 5.74) is 0. The van der Waals surface area contributed by atoms with Crippen molar-refractivity contribution in [3.63, 3.8) is 0 Å². The molecule has 0 aromatic rings. The molecule has 0 aromatic heterocycles. The van der Waals surface area contributed by atoms with Crippen LogP contribution < -0.4 is 0 Å². The van der Waals surface area contributed by atoms with Gasteiger partial charge in [0.05, 0.1) is 118 Å². The van der Waals surface area contributed by atoms with E-state index in [0.717, 1.165) is 6.42 Å². The Morgan fingerprint density at radius 1 is 0.415 bits per heavy atom. The van der Waals surface area contributed by atoms with Gasteiger partial charge in [0.1, 0.15) is 12.2 Å².